The lowest BCUT2D eigenvalue weighted by molar-refractivity contribution is -0.140. The van der Waals surface area contributed by atoms with Crippen LogP contribution in [0.2, 0.25) is 5.02 Å². The van der Waals surface area contributed by atoms with E-state index in [9.17, 15) is 18.0 Å². The van der Waals surface area contributed by atoms with Gasteiger partial charge in [0.1, 0.15) is 12.6 Å². The van der Waals surface area contributed by atoms with Crippen molar-refractivity contribution < 1.29 is 18.0 Å². The average molecular weight is 660 g/mol. The predicted molar refractivity (Wildman–Crippen MR) is 185 cm³/mol. The monoisotopic (exact) mass is 659 g/mol. The number of nitrogens with zero attached hydrogens (tertiary/aromatic N) is 2. The third-order valence-electron chi connectivity index (χ3n) is 7.90. The first-order valence-electron chi connectivity index (χ1n) is 15.4. The van der Waals surface area contributed by atoms with Gasteiger partial charge in [0.2, 0.25) is 11.8 Å². The molecule has 0 unspecified atom stereocenters. The van der Waals surface area contributed by atoms with E-state index >= 15 is 0 Å². The molecule has 1 N–H and O–H groups in total. The molecule has 2 atom stereocenters. The van der Waals surface area contributed by atoms with Crippen LogP contribution >= 0.6 is 11.6 Å². The number of halogens is 1. The lowest BCUT2D eigenvalue weighted by Crippen LogP contribution is -2.54. The second-order valence-corrected chi connectivity index (χ2v) is 14.1. The first-order valence-corrected chi connectivity index (χ1v) is 17.2. The second-order valence-electron chi connectivity index (χ2n) is 11.8. The molecule has 242 valence electrons. The van der Waals surface area contributed by atoms with E-state index in [2.05, 4.69) is 5.32 Å². The number of rotatable bonds is 13. The third kappa shape index (κ3) is 8.98. The molecule has 4 rings (SSSR count). The lowest BCUT2D eigenvalue weighted by atomic mass is 10.0. The van der Waals surface area contributed by atoms with Crippen molar-refractivity contribution in [1.82, 2.24) is 10.2 Å². The Bertz CT molecular complexity index is 1740. The summed E-state index contributed by atoms with van der Waals surface area (Å²) in [7, 11) is -4.18. The molecule has 4 aromatic carbocycles. The number of nitrogens with one attached hydrogen (secondary N) is 1. The molecular weight excluding hydrogens is 618 g/mol. The lowest BCUT2D eigenvalue weighted by Gasteiger charge is -2.34. The smallest absolute Gasteiger partial charge is 0.264 e. The first-order chi connectivity index (χ1) is 21.9. The Morgan fingerprint density at radius 3 is 2.04 bits per heavy atom. The molecule has 0 bridgehead atoms. The topological polar surface area (TPSA) is 86.8 Å². The van der Waals surface area contributed by atoms with Crippen molar-refractivity contribution in [2.24, 2.45) is 0 Å². The number of carbonyl (C=O) groups is 2. The summed E-state index contributed by atoms with van der Waals surface area (Å²) in [6.07, 6.45) is 0.949. The molecule has 0 fully saturated rings. The molecule has 2 amide bonds. The van der Waals surface area contributed by atoms with E-state index in [1.807, 2.05) is 77.1 Å². The van der Waals surface area contributed by atoms with Crippen molar-refractivity contribution >= 4 is 39.1 Å². The van der Waals surface area contributed by atoms with Crippen LogP contribution in [0.15, 0.2) is 102 Å². The maximum absolute atomic E-state index is 14.6. The van der Waals surface area contributed by atoms with Crippen molar-refractivity contribution in [2.75, 3.05) is 10.8 Å². The van der Waals surface area contributed by atoms with Crippen LogP contribution < -0.4 is 9.62 Å². The maximum atomic E-state index is 14.6. The van der Waals surface area contributed by atoms with Crippen LogP contribution in [0.25, 0.3) is 0 Å². The minimum absolute atomic E-state index is 0.0517. The van der Waals surface area contributed by atoms with Gasteiger partial charge in [-0.2, -0.15) is 0 Å². The highest BCUT2D eigenvalue weighted by molar-refractivity contribution is 7.92. The molecule has 0 heterocycles. The van der Waals surface area contributed by atoms with Crippen molar-refractivity contribution in [2.45, 2.75) is 71.0 Å². The zero-order chi connectivity index (χ0) is 33.4. The van der Waals surface area contributed by atoms with Crippen molar-refractivity contribution in [3.8, 4) is 0 Å². The summed E-state index contributed by atoms with van der Waals surface area (Å²) in [5, 5.41) is 3.55. The molecule has 0 saturated heterocycles. The van der Waals surface area contributed by atoms with Crippen LogP contribution in [0.3, 0.4) is 0 Å². The van der Waals surface area contributed by atoms with E-state index in [-0.39, 0.29) is 29.8 Å². The second kappa shape index (κ2) is 15.4. The highest BCUT2D eigenvalue weighted by Crippen LogP contribution is 2.27. The Kier molecular flexibility index (Phi) is 11.7. The van der Waals surface area contributed by atoms with Crippen LogP contribution in [0.4, 0.5) is 5.69 Å². The van der Waals surface area contributed by atoms with Crippen molar-refractivity contribution in [1.29, 1.82) is 0 Å². The Morgan fingerprint density at radius 1 is 0.804 bits per heavy atom. The standard InChI is InChI=1S/C37H42ClN3O4S/c1-6-29(5)39-37(43)35(23-30-11-8-7-9-12-30)40(24-31-13-10-14-32(38)22-31)36(42)25-41(33-20-27(3)19-28(4)21-33)46(44,45)34-17-15-26(2)16-18-34/h7-22,29,35H,6,23-25H2,1-5H3,(H,39,43)/t29-,35+/m1/s1. The SMILES string of the molecule is CC[C@@H](C)NC(=O)[C@H](Cc1ccccc1)N(Cc1cccc(Cl)c1)C(=O)CN(c1cc(C)cc(C)c1)S(=O)(=O)c1ccc(C)cc1. The van der Waals surface area contributed by atoms with Gasteiger partial charge in [-0.3, -0.25) is 13.9 Å². The van der Waals surface area contributed by atoms with Gasteiger partial charge in [0.25, 0.3) is 10.0 Å². The van der Waals surface area contributed by atoms with E-state index in [0.717, 1.165) is 32.1 Å². The fraction of sp³-hybridized carbons (Fsp3) is 0.297. The molecule has 0 saturated carbocycles. The van der Waals surface area contributed by atoms with Gasteiger partial charge in [-0.05, 0) is 92.8 Å². The molecule has 0 aliphatic carbocycles. The quantitative estimate of drug-likeness (QED) is 0.167. The van der Waals surface area contributed by atoms with Gasteiger partial charge >= 0.3 is 0 Å². The molecular formula is C37H42ClN3O4S. The van der Waals surface area contributed by atoms with Gasteiger partial charge < -0.3 is 10.2 Å². The van der Waals surface area contributed by atoms with Gasteiger partial charge in [-0.1, -0.05) is 84.8 Å². The van der Waals surface area contributed by atoms with Crippen LogP contribution in [-0.4, -0.2) is 43.8 Å². The third-order valence-corrected chi connectivity index (χ3v) is 9.92. The van der Waals surface area contributed by atoms with Gasteiger partial charge in [-0.15, -0.1) is 0 Å². The van der Waals surface area contributed by atoms with Gasteiger partial charge in [-0.25, -0.2) is 8.42 Å². The van der Waals surface area contributed by atoms with Crippen molar-refractivity contribution in [3.05, 3.63) is 130 Å². The highest BCUT2D eigenvalue weighted by Gasteiger charge is 2.35. The largest absolute Gasteiger partial charge is 0.352 e. The minimum atomic E-state index is -4.18. The van der Waals surface area contributed by atoms with Crippen molar-refractivity contribution in [3.63, 3.8) is 0 Å². The van der Waals surface area contributed by atoms with Crippen LogP contribution in [-0.2, 0) is 32.6 Å². The zero-order valence-electron chi connectivity index (χ0n) is 27.0. The Morgan fingerprint density at radius 2 is 1.43 bits per heavy atom. The van der Waals surface area contributed by atoms with E-state index in [1.165, 1.54) is 4.90 Å². The summed E-state index contributed by atoms with van der Waals surface area (Å²) in [6.45, 7) is 9.08. The molecule has 7 nitrogen and oxygen atoms in total. The predicted octanol–water partition coefficient (Wildman–Crippen LogP) is 7.02. The molecule has 0 spiro atoms. The van der Waals surface area contributed by atoms with Gasteiger partial charge in [0, 0.05) is 24.0 Å². The van der Waals surface area contributed by atoms with Gasteiger partial charge in [0.15, 0.2) is 0 Å². The average Bonchev–Trinajstić information content (AvgIpc) is 3.01. The maximum Gasteiger partial charge on any atom is 0.264 e. The number of anilines is 1. The van der Waals surface area contributed by atoms with Crippen LogP contribution in [0.1, 0.15) is 48.1 Å². The summed E-state index contributed by atoms with van der Waals surface area (Å²) in [5.41, 5.74) is 4.59. The van der Waals surface area contributed by atoms with E-state index < -0.39 is 28.5 Å². The fourth-order valence-electron chi connectivity index (χ4n) is 5.29. The Labute approximate surface area is 278 Å². The molecule has 0 aliphatic rings. The summed E-state index contributed by atoms with van der Waals surface area (Å²) in [6, 6.07) is 27.6. The number of hydrogen-bond acceptors (Lipinski definition) is 4. The summed E-state index contributed by atoms with van der Waals surface area (Å²) < 4.78 is 29.7. The number of carbonyl (C=O) groups excluding carboxylic acids is 2. The Hall–Kier alpha value is -4.14. The summed E-state index contributed by atoms with van der Waals surface area (Å²) >= 11 is 6.33. The number of sulfonamides is 1. The summed E-state index contributed by atoms with van der Waals surface area (Å²) in [4.78, 5) is 30.1. The number of amides is 2. The number of hydrogen-bond donors (Lipinski definition) is 1. The molecule has 0 aliphatic heterocycles. The molecule has 0 radical (unpaired) electrons. The summed E-state index contributed by atoms with van der Waals surface area (Å²) in [5.74, 6) is -0.831. The number of benzene rings is 4. The Balaban J connectivity index is 1.83. The molecule has 46 heavy (non-hydrogen) atoms. The van der Waals surface area contributed by atoms with E-state index in [1.54, 1.807) is 54.6 Å². The van der Waals surface area contributed by atoms with Crippen LogP contribution in [0.5, 0.6) is 0 Å². The first kappa shape index (κ1) is 34.7. The van der Waals surface area contributed by atoms with Crippen LogP contribution in [0, 0.1) is 20.8 Å². The highest BCUT2D eigenvalue weighted by atomic mass is 35.5. The fourth-order valence-corrected chi connectivity index (χ4v) is 6.90. The molecule has 0 aromatic heterocycles. The van der Waals surface area contributed by atoms with Gasteiger partial charge in [0.05, 0.1) is 10.6 Å². The van der Waals surface area contributed by atoms with E-state index in [0.29, 0.717) is 17.1 Å². The zero-order valence-corrected chi connectivity index (χ0v) is 28.6. The number of aryl methyl sites for hydroxylation is 3. The minimum Gasteiger partial charge on any atom is -0.352 e. The normalized spacial score (nSPS) is 12.7. The van der Waals surface area contributed by atoms with E-state index in [4.69, 9.17) is 11.6 Å². The molecule has 9 heteroatoms. The molecule has 4 aromatic rings.